The van der Waals surface area contributed by atoms with E-state index in [9.17, 15) is 4.79 Å². The number of nitrogens with one attached hydrogen (secondary N) is 2. The molecular weight excluding hydrogens is 208 g/mol. The van der Waals surface area contributed by atoms with Gasteiger partial charge in [-0.15, -0.1) is 0 Å². The molecule has 0 aromatic heterocycles. The minimum absolute atomic E-state index is 0.129. The van der Waals surface area contributed by atoms with E-state index in [1.165, 1.54) is 0 Å². The van der Waals surface area contributed by atoms with Crippen LogP contribution in [0.2, 0.25) is 0 Å². The smallest absolute Gasteiger partial charge is 0.238 e. The number of amides is 1. The lowest BCUT2D eigenvalue weighted by Crippen LogP contribution is -2.65. The van der Waals surface area contributed by atoms with Crippen LogP contribution in [0, 0.1) is 5.92 Å². The zero-order valence-electron chi connectivity index (χ0n) is 9.44. The average molecular weight is 226 g/mol. The van der Waals surface area contributed by atoms with Crippen LogP contribution >= 0.6 is 0 Å². The monoisotopic (exact) mass is 226 g/mol. The van der Waals surface area contributed by atoms with E-state index in [1.807, 2.05) is 6.92 Å². The molecule has 2 unspecified atom stereocenters. The number of nitrogens with zero attached hydrogens (tertiary/aromatic N) is 3. The van der Waals surface area contributed by atoms with Crippen molar-refractivity contribution in [3.63, 3.8) is 0 Å². The molecule has 1 heterocycles. The predicted molar refractivity (Wildman–Crippen MR) is 60.6 cm³/mol. The van der Waals surface area contributed by atoms with E-state index in [1.54, 1.807) is 0 Å². The van der Waals surface area contributed by atoms with Crippen LogP contribution in [0.3, 0.4) is 0 Å². The summed E-state index contributed by atoms with van der Waals surface area (Å²) in [5.74, 6) is -0.202. The number of azide groups is 1. The van der Waals surface area contributed by atoms with Crippen molar-refractivity contribution in [3.8, 4) is 0 Å². The van der Waals surface area contributed by atoms with Gasteiger partial charge in [-0.3, -0.25) is 4.79 Å². The number of primary amides is 1. The van der Waals surface area contributed by atoms with Crippen molar-refractivity contribution >= 4 is 5.91 Å². The third-order valence-corrected chi connectivity index (χ3v) is 3.14. The van der Waals surface area contributed by atoms with Gasteiger partial charge >= 0.3 is 0 Å². The van der Waals surface area contributed by atoms with Crippen LogP contribution in [0.4, 0.5) is 0 Å². The predicted octanol–water partition coefficient (Wildman–Crippen LogP) is -0.260. The molecule has 0 aromatic carbocycles. The van der Waals surface area contributed by atoms with E-state index < -0.39 is 5.54 Å². The Bertz CT molecular complexity index is 300. The summed E-state index contributed by atoms with van der Waals surface area (Å²) >= 11 is 0. The lowest BCUT2D eigenvalue weighted by molar-refractivity contribution is -0.127. The first-order chi connectivity index (χ1) is 7.63. The maximum absolute atomic E-state index is 11.6. The van der Waals surface area contributed by atoms with E-state index in [0.717, 1.165) is 13.1 Å². The van der Waals surface area contributed by atoms with Crippen molar-refractivity contribution in [1.82, 2.24) is 10.6 Å². The van der Waals surface area contributed by atoms with Crippen molar-refractivity contribution in [2.24, 2.45) is 16.8 Å². The minimum Gasteiger partial charge on any atom is -0.368 e. The number of hydrogen-bond acceptors (Lipinski definition) is 4. The Balaban J connectivity index is 2.64. The van der Waals surface area contributed by atoms with Gasteiger partial charge in [0.2, 0.25) is 5.91 Å². The highest BCUT2D eigenvalue weighted by atomic mass is 16.1. The highest BCUT2D eigenvalue weighted by Crippen LogP contribution is 2.23. The standard InChI is InChI=1S/C9H18N6O/c1-7-6-12-3-2-9(7,8(10)16)13-4-5-14-15-11/h7,12-13H,2-6H2,1H3,(H2,10,16). The Morgan fingerprint density at radius 3 is 3.12 bits per heavy atom. The topological polar surface area (TPSA) is 116 Å². The summed E-state index contributed by atoms with van der Waals surface area (Å²) < 4.78 is 0. The first kappa shape index (κ1) is 12.8. The molecule has 1 aliphatic heterocycles. The van der Waals surface area contributed by atoms with Gasteiger partial charge in [0.1, 0.15) is 5.54 Å². The molecule has 1 aliphatic rings. The Morgan fingerprint density at radius 2 is 2.56 bits per heavy atom. The van der Waals surface area contributed by atoms with Crippen molar-refractivity contribution in [1.29, 1.82) is 0 Å². The number of carbonyl (C=O) groups excluding carboxylic acids is 1. The molecule has 0 radical (unpaired) electrons. The fraction of sp³-hybridized carbons (Fsp3) is 0.889. The van der Waals surface area contributed by atoms with Crippen LogP contribution in [-0.2, 0) is 4.79 Å². The molecule has 1 amide bonds. The normalized spacial score (nSPS) is 29.4. The second kappa shape index (κ2) is 5.69. The average Bonchev–Trinajstić information content (AvgIpc) is 2.26. The fourth-order valence-electron chi connectivity index (χ4n) is 2.11. The molecule has 1 rings (SSSR count). The summed E-state index contributed by atoms with van der Waals surface area (Å²) in [6, 6.07) is 0. The van der Waals surface area contributed by atoms with Gasteiger partial charge in [-0.2, -0.15) is 0 Å². The first-order valence-corrected chi connectivity index (χ1v) is 5.40. The van der Waals surface area contributed by atoms with E-state index in [0.29, 0.717) is 19.5 Å². The summed E-state index contributed by atoms with van der Waals surface area (Å²) in [6.45, 7) is 4.31. The van der Waals surface area contributed by atoms with Crippen LogP contribution in [0.5, 0.6) is 0 Å². The van der Waals surface area contributed by atoms with Crippen molar-refractivity contribution in [3.05, 3.63) is 10.4 Å². The maximum Gasteiger partial charge on any atom is 0.238 e. The molecule has 7 nitrogen and oxygen atoms in total. The molecule has 90 valence electrons. The Labute approximate surface area is 94.4 Å². The lowest BCUT2D eigenvalue weighted by Gasteiger charge is -2.41. The fourth-order valence-corrected chi connectivity index (χ4v) is 2.11. The molecule has 7 heteroatoms. The van der Waals surface area contributed by atoms with Crippen LogP contribution in [0.1, 0.15) is 13.3 Å². The second-order valence-corrected chi connectivity index (χ2v) is 4.07. The SMILES string of the molecule is CC1CNCCC1(NCCN=[N+]=[N-])C(N)=O. The summed E-state index contributed by atoms with van der Waals surface area (Å²) in [5, 5.41) is 9.78. The van der Waals surface area contributed by atoms with Crippen molar-refractivity contribution in [2.45, 2.75) is 18.9 Å². The van der Waals surface area contributed by atoms with Gasteiger partial charge in [0.05, 0.1) is 0 Å². The summed E-state index contributed by atoms with van der Waals surface area (Å²) in [7, 11) is 0. The van der Waals surface area contributed by atoms with Crippen LogP contribution in [0.15, 0.2) is 5.11 Å². The number of hydrogen-bond donors (Lipinski definition) is 3. The Hall–Kier alpha value is -1.30. The highest BCUT2D eigenvalue weighted by molar-refractivity contribution is 5.85. The molecule has 0 aromatic rings. The van der Waals surface area contributed by atoms with Crippen molar-refractivity contribution in [2.75, 3.05) is 26.2 Å². The maximum atomic E-state index is 11.6. The minimum atomic E-state index is -0.670. The largest absolute Gasteiger partial charge is 0.368 e. The molecule has 0 spiro atoms. The van der Waals surface area contributed by atoms with Gasteiger partial charge in [-0.25, -0.2) is 0 Å². The van der Waals surface area contributed by atoms with Crippen LogP contribution < -0.4 is 16.4 Å². The van der Waals surface area contributed by atoms with Gasteiger partial charge in [-0.05, 0) is 31.0 Å². The third-order valence-electron chi connectivity index (χ3n) is 3.14. The first-order valence-electron chi connectivity index (χ1n) is 5.40. The number of nitrogens with two attached hydrogens (primary N) is 1. The molecule has 0 bridgehead atoms. The quantitative estimate of drug-likeness (QED) is 0.259. The molecule has 2 atom stereocenters. The zero-order chi connectivity index (χ0) is 12.0. The van der Waals surface area contributed by atoms with E-state index >= 15 is 0 Å². The molecular formula is C9H18N6O. The third kappa shape index (κ3) is 2.63. The highest BCUT2D eigenvalue weighted by Gasteiger charge is 2.42. The lowest BCUT2D eigenvalue weighted by atomic mass is 9.79. The van der Waals surface area contributed by atoms with E-state index in [4.69, 9.17) is 11.3 Å². The van der Waals surface area contributed by atoms with Crippen LogP contribution in [-0.4, -0.2) is 37.6 Å². The van der Waals surface area contributed by atoms with Gasteiger partial charge < -0.3 is 16.4 Å². The van der Waals surface area contributed by atoms with E-state index in [2.05, 4.69) is 20.7 Å². The van der Waals surface area contributed by atoms with Gasteiger partial charge in [0, 0.05) is 18.0 Å². The Morgan fingerprint density at radius 1 is 1.81 bits per heavy atom. The molecule has 1 saturated heterocycles. The van der Waals surface area contributed by atoms with Crippen LogP contribution in [0.25, 0.3) is 10.4 Å². The van der Waals surface area contributed by atoms with Gasteiger partial charge in [-0.1, -0.05) is 12.0 Å². The number of carbonyl (C=O) groups is 1. The molecule has 1 fully saturated rings. The number of piperidine rings is 1. The molecule has 16 heavy (non-hydrogen) atoms. The van der Waals surface area contributed by atoms with Crippen molar-refractivity contribution < 1.29 is 4.79 Å². The Kier molecular flexibility index (Phi) is 4.54. The summed E-state index contributed by atoms with van der Waals surface area (Å²) in [6.07, 6.45) is 0.666. The summed E-state index contributed by atoms with van der Waals surface area (Å²) in [5.41, 5.74) is 13.0. The molecule has 0 saturated carbocycles. The van der Waals surface area contributed by atoms with Gasteiger partial charge in [0.15, 0.2) is 0 Å². The summed E-state index contributed by atoms with van der Waals surface area (Å²) in [4.78, 5) is 14.2. The second-order valence-electron chi connectivity index (χ2n) is 4.07. The molecule has 4 N–H and O–H groups in total. The molecule has 0 aliphatic carbocycles. The zero-order valence-corrected chi connectivity index (χ0v) is 9.44. The number of rotatable bonds is 5. The van der Waals surface area contributed by atoms with Gasteiger partial charge in [0.25, 0.3) is 0 Å². The van der Waals surface area contributed by atoms with E-state index in [-0.39, 0.29) is 11.8 Å².